The molecule has 0 spiro atoms. The molecule has 7 heteroatoms. The van der Waals surface area contributed by atoms with Crippen LogP contribution in [0.5, 0.6) is 0 Å². The SMILES string of the molecule is CCCN(CC)c1ccc(C(=O)NCC2CNCC2O)cc1.Cl.Cl. The van der Waals surface area contributed by atoms with Crippen LogP contribution in [0.4, 0.5) is 5.69 Å². The number of rotatable bonds is 7. The van der Waals surface area contributed by atoms with Crippen LogP contribution in [0.2, 0.25) is 0 Å². The molecular weight excluding hydrogens is 349 g/mol. The molecule has 24 heavy (non-hydrogen) atoms. The van der Waals surface area contributed by atoms with E-state index in [-0.39, 0.29) is 42.7 Å². The fourth-order valence-electron chi connectivity index (χ4n) is 2.82. The summed E-state index contributed by atoms with van der Waals surface area (Å²) in [7, 11) is 0. The number of hydrogen-bond acceptors (Lipinski definition) is 4. The van der Waals surface area contributed by atoms with Crippen LogP contribution in [0.15, 0.2) is 24.3 Å². The van der Waals surface area contributed by atoms with Crippen LogP contribution < -0.4 is 15.5 Å². The molecule has 1 amide bonds. The molecule has 0 saturated carbocycles. The number of amides is 1. The van der Waals surface area contributed by atoms with Crippen LogP contribution in [0, 0.1) is 5.92 Å². The fraction of sp³-hybridized carbons (Fsp3) is 0.588. The zero-order valence-corrected chi connectivity index (χ0v) is 16.0. The van der Waals surface area contributed by atoms with Crippen molar-refractivity contribution >= 4 is 36.4 Å². The van der Waals surface area contributed by atoms with Crippen molar-refractivity contribution in [1.29, 1.82) is 0 Å². The van der Waals surface area contributed by atoms with Gasteiger partial charge in [0, 0.05) is 49.9 Å². The van der Waals surface area contributed by atoms with E-state index in [1.807, 2.05) is 24.3 Å². The summed E-state index contributed by atoms with van der Waals surface area (Å²) in [6.07, 6.45) is 0.739. The van der Waals surface area contributed by atoms with Crippen LogP contribution >= 0.6 is 24.8 Å². The lowest BCUT2D eigenvalue weighted by atomic mass is 10.1. The molecule has 1 saturated heterocycles. The molecule has 0 aliphatic carbocycles. The number of anilines is 1. The van der Waals surface area contributed by atoms with Crippen molar-refractivity contribution in [3.63, 3.8) is 0 Å². The lowest BCUT2D eigenvalue weighted by Crippen LogP contribution is -2.34. The molecule has 2 rings (SSSR count). The summed E-state index contributed by atoms with van der Waals surface area (Å²) in [5.74, 6) is 0.0209. The predicted molar refractivity (Wildman–Crippen MR) is 104 cm³/mol. The molecule has 1 aliphatic heterocycles. The monoisotopic (exact) mass is 377 g/mol. The molecule has 0 aromatic heterocycles. The maximum atomic E-state index is 12.2. The molecule has 1 heterocycles. The van der Waals surface area contributed by atoms with Crippen molar-refractivity contribution in [2.75, 3.05) is 37.6 Å². The third kappa shape index (κ3) is 6.13. The Labute approximate surface area is 157 Å². The van der Waals surface area contributed by atoms with Gasteiger partial charge in [0.2, 0.25) is 0 Å². The normalized spacial score (nSPS) is 19.1. The molecule has 1 fully saturated rings. The number of carbonyl (C=O) groups excluding carboxylic acids is 1. The lowest BCUT2D eigenvalue weighted by Gasteiger charge is -2.22. The smallest absolute Gasteiger partial charge is 0.251 e. The van der Waals surface area contributed by atoms with E-state index in [0.717, 1.165) is 31.7 Å². The van der Waals surface area contributed by atoms with Crippen molar-refractivity contribution in [3.05, 3.63) is 29.8 Å². The molecule has 2 unspecified atom stereocenters. The maximum Gasteiger partial charge on any atom is 0.251 e. The number of aliphatic hydroxyl groups is 1. The van der Waals surface area contributed by atoms with Gasteiger partial charge in [0.25, 0.3) is 5.91 Å². The molecule has 0 radical (unpaired) electrons. The average molecular weight is 378 g/mol. The summed E-state index contributed by atoms with van der Waals surface area (Å²) >= 11 is 0. The van der Waals surface area contributed by atoms with E-state index >= 15 is 0 Å². The van der Waals surface area contributed by atoms with Gasteiger partial charge in [-0.3, -0.25) is 4.79 Å². The molecule has 0 bridgehead atoms. The summed E-state index contributed by atoms with van der Waals surface area (Å²) in [6.45, 7) is 8.16. The van der Waals surface area contributed by atoms with E-state index in [2.05, 4.69) is 29.4 Å². The first kappa shape index (κ1) is 23.0. The highest BCUT2D eigenvalue weighted by atomic mass is 35.5. The molecule has 1 aromatic carbocycles. The van der Waals surface area contributed by atoms with Crippen molar-refractivity contribution in [2.45, 2.75) is 26.4 Å². The van der Waals surface area contributed by atoms with E-state index in [0.29, 0.717) is 18.7 Å². The lowest BCUT2D eigenvalue weighted by molar-refractivity contribution is 0.0927. The minimum absolute atomic E-state index is 0. The van der Waals surface area contributed by atoms with Gasteiger partial charge in [-0.25, -0.2) is 0 Å². The summed E-state index contributed by atoms with van der Waals surface area (Å²) in [4.78, 5) is 14.5. The van der Waals surface area contributed by atoms with Crippen LogP contribution in [0.3, 0.4) is 0 Å². The second-order valence-electron chi connectivity index (χ2n) is 5.82. The quantitative estimate of drug-likeness (QED) is 0.680. The Morgan fingerprint density at radius 2 is 1.92 bits per heavy atom. The van der Waals surface area contributed by atoms with Gasteiger partial charge in [0.1, 0.15) is 0 Å². The zero-order valence-electron chi connectivity index (χ0n) is 14.3. The number of benzene rings is 1. The standard InChI is InChI=1S/C17H27N3O2.2ClH/c1-3-9-20(4-2)15-7-5-13(6-8-15)17(22)19-11-14-10-18-12-16(14)21;;/h5-8,14,16,18,21H,3-4,9-12H2,1-2H3,(H,19,22);2*1H. The van der Waals surface area contributed by atoms with Gasteiger partial charge < -0.3 is 20.6 Å². The van der Waals surface area contributed by atoms with Crippen molar-refractivity contribution in [1.82, 2.24) is 10.6 Å². The number of aliphatic hydroxyl groups excluding tert-OH is 1. The van der Waals surface area contributed by atoms with Crippen LogP contribution in [-0.4, -0.2) is 49.8 Å². The van der Waals surface area contributed by atoms with Gasteiger partial charge in [0.05, 0.1) is 6.10 Å². The van der Waals surface area contributed by atoms with Crippen LogP contribution in [0.1, 0.15) is 30.6 Å². The first-order chi connectivity index (χ1) is 10.7. The predicted octanol–water partition coefficient (Wildman–Crippen LogP) is 2.08. The van der Waals surface area contributed by atoms with E-state index in [1.165, 1.54) is 0 Å². The largest absolute Gasteiger partial charge is 0.391 e. The molecular formula is C17H29Cl2N3O2. The number of hydrogen-bond donors (Lipinski definition) is 3. The Bertz CT molecular complexity index is 485. The summed E-state index contributed by atoms with van der Waals surface area (Å²) in [5, 5.41) is 15.8. The highest BCUT2D eigenvalue weighted by Gasteiger charge is 2.25. The highest BCUT2D eigenvalue weighted by molar-refractivity contribution is 5.94. The topological polar surface area (TPSA) is 64.6 Å². The second-order valence-corrected chi connectivity index (χ2v) is 5.82. The zero-order chi connectivity index (χ0) is 15.9. The van der Waals surface area contributed by atoms with Gasteiger partial charge in [-0.1, -0.05) is 6.92 Å². The molecule has 1 aromatic rings. The van der Waals surface area contributed by atoms with Gasteiger partial charge in [-0.2, -0.15) is 0 Å². The number of nitrogens with one attached hydrogen (secondary N) is 2. The summed E-state index contributed by atoms with van der Waals surface area (Å²) < 4.78 is 0. The molecule has 2 atom stereocenters. The Hall–Kier alpha value is -1.01. The van der Waals surface area contributed by atoms with Crippen molar-refractivity contribution in [3.8, 4) is 0 Å². The summed E-state index contributed by atoms with van der Waals surface area (Å²) in [6, 6.07) is 7.73. The van der Waals surface area contributed by atoms with Crippen molar-refractivity contribution < 1.29 is 9.90 Å². The Morgan fingerprint density at radius 3 is 2.42 bits per heavy atom. The second kappa shape index (κ2) is 11.5. The number of carbonyl (C=O) groups is 1. The number of nitrogens with zero attached hydrogens (tertiary/aromatic N) is 1. The van der Waals surface area contributed by atoms with E-state index < -0.39 is 0 Å². The molecule has 3 N–H and O–H groups in total. The first-order valence-electron chi connectivity index (χ1n) is 8.17. The van der Waals surface area contributed by atoms with Gasteiger partial charge in [-0.05, 0) is 37.6 Å². The minimum atomic E-state index is -0.366. The Balaban J connectivity index is 0.00000264. The van der Waals surface area contributed by atoms with Gasteiger partial charge in [-0.15, -0.1) is 24.8 Å². The van der Waals surface area contributed by atoms with Crippen LogP contribution in [0.25, 0.3) is 0 Å². The Morgan fingerprint density at radius 1 is 1.25 bits per heavy atom. The van der Waals surface area contributed by atoms with Crippen molar-refractivity contribution in [2.24, 2.45) is 5.92 Å². The third-order valence-corrected chi connectivity index (χ3v) is 4.20. The Kier molecular flexibility index (Phi) is 11.0. The number of halogens is 2. The summed E-state index contributed by atoms with van der Waals surface area (Å²) in [5.41, 5.74) is 1.81. The van der Waals surface area contributed by atoms with E-state index in [1.54, 1.807) is 0 Å². The van der Waals surface area contributed by atoms with Gasteiger partial charge in [0.15, 0.2) is 0 Å². The molecule has 5 nitrogen and oxygen atoms in total. The first-order valence-corrected chi connectivity index (χ1v) is 8.17. The maximum absolute atomic E-state index is 12.2. The number of β-amino-alcohol motifs (C(OH)–C–C–N with tert-alkyl or cyclic N) is 1. The molecule has 1 aliphatic rings. The van der Waals surface area contributed by atoms with Crippen LogP contribution in [-0.2, 0) is 0 Å². The molecule has 138 valence electrons. The fourth-order valence-corrected chi connectivity index (χ4v) is 2.82. The van der Waals surface area contributed by atoms with E-state index in [9.17, 15) is 9.90 Å². The van der Waals surface area contributed by atoms with Gasteiger partial charge >= 0.3 is 0 Å². The average Bonchev–Trinajstić information content (AvgIpc) is 2.95. The third-order valence-electron chi connectivity index (χ3n) is 4.20. The highest BCUT2D eigenvalue weighted by Crippen LogP contribution is 2.16. The minimum Gasteiger partial charge on any atom is -0.391 e. The van der Waals surface area contributed by atoms with E-state index in [4.69, 9.17) is 0 Å².